The molecule has 2 N–H and O–H groups in total. The first-order chi connectivity index (χ1) is 5.57. The molecule has 0 aliphatic rings. The van der Waals surface area contributed by atoms with Crippen LogP contribution in [0.3, 0.4) is 0 Å². The van der Waals surface area contributed by atoms with Gasteiger partial charge in [0.1, 0.15) is 5.69 Å². The lowest BCUT2D eigenvalue weighted by Gasteiger charge is -2.08. The Labute approximate surface area is 75.1 Å². The van der Waals surface area contributed by atoms with Gasteiger partial charge in [-0.3, -0.25) is 0 Å². The number of benzene rings is 1. The van der Waals surface area contributed by atoms with Crippen LogP contribution in [0.5, 0.6) is 5.75 Å². The molecule has 0 bridgehead atoms. The zero-order valence-electron chi connectivity index (χ0n) is 6.82. The van der Waals surface area contributed by atoms with Crippen molar-refractivity contribution in [1.82, 2.24) is 0 Å². The Bertz CT molecular complexity index is 314. The maximum atomic E-state index is 13.1. The summed E-state index contributed by atoms with van der Waals surface area (Å²) < 4.78 is 17.9. The number of ether oxygens (including phenoxy) is 1. The lowest BCUT2D eigenvalue weighted by molar-refractivity contribution is 0.414. The van der Waals surface area contributed by atoms with Gasteiger partial charge in [0.05, 0.1) is 12.1 Å². The summed E-state index contributed by atoms with van der Waals surface area (Å²) >= 11 is 5.74. The van der Waals surface area contributed by atoms with E-state index in [0.717, 1.165) is 0 Å². The summed E-state index contributed by atoms with van der Waals surface area (Å²) in [6, 6.07) is 1.48. The molecule has 1 aromatic carbocycles. The predicted molar refractivity (Wildman–Crippen MR) is 47.1 cm³/mol. The van der Waals surface area contributed by atoms with Gasteiger partial charge in [-0.15, -0.1) is 0 Å². The molecule has 0 radical (unpaired) electrons. The van der Waals surface area contributed by atoms with Crippen LogP contribution in [0.2, 0.25) is 5.02 Å². The number of hydrogen-bond donors (Lipinski definition) is 1. The molecule has 1 aromatic rings. The molecule has 0 unspecified atom stereocenters. The molecule has 0 spiro atoms. The van der Waals surface area contributed by atoms with Crippen LogP contribution in [-0.4, -0.2) is 7.11 Å². The van der Waals surface area contributed by atoms with Crippen LogP contribution >= 0.6 is 11.6 Å². The van der Waals surface area contributed by atoms with E-state index in [1.54, 1.807) is 6.92 Å². The quantitative estimate of drug-likeness (QED) is 0.689. The number of hydrogen-bond acceptors (Lipinski definition) is 2. The zero-order chi connectivity index (χ0) is 9.30. The lowest BCUT2D eigenvalue weighted by atomic mass is 10.2. The van der Waals surface area contributed by atoms with Crippen molar-refractivity contribution in [1.29, 1.82) is 0 Å². The number of nitrogen functional groups attached to an aromatic ring is 1. The number of anilines is 1. The minimum atomic E-state index is -0.476. The summed E-state index contributed by atoms with van der Waals surface area (Å²) in [5.74, 6) is -0.281. The molecule has 66 valence electrons. The summed E-state index contributed by atoms with van der Waals surface area (Å²) in [4.78, 5) is 0. The Balaban J connectivity index is 3.40. The fourth-order valence-electron chi connectivity index (χ4n) is 0.967. The summed E-state index contributed by atoms with van der Waals surface area (Å²) in [7, 11) is 1.40. The molecule has 0 saturated carbocycles. The second kappa shape index (κ2) is 3.19. The second-order valence-corrected chi connectivity index (χ2v) is 2.84. The van der Waals surface area contributed by atoms with Crippen LogP contribution in [0.15, 0.2) is 6.07 Å². The molecular formula is C8H9ClFNO. The first kappa shape index (κ1) is 9.13. The number of methoxy groups -OCH3 is 1. The third kappa shape index (κ3) is 1.32. The highest BCUT2D eigenvalue weighted by atomic mass is 35.5. The minimum Gasteiger partial charge on any atom is -0.493 e. The maximum absolute atomic E-state index is 13.1. The molecule has 0 aliphatic carbocycles. The number of aryl methyl sites for hydroxylation is 1. The zero-order valence-corrected chi connectivity index (χ0v) is 7.57. The van der Waals surface area contributed by atoms with Crippen molar-refractivity contribution < 1.29 is 9.13 Å². The summed E-state index contributed by atoms with van der Waals surface area (Å²) in [6.45, 7) is 1.59. The van der Waals surface area contributed by atoms with Gasteiger partial charge >= 0.3 is 0 Å². The van der Waals surface area contributed by atoms with Crippen molar-refractivity contribution in [2.24, 2.45) is 0 Å². The monoisotopic (exact) mass is 189 g/mol. The van der Waals surface area contributed by atoms with Gasteiger partial charge in [-0.05, 0) is 18.6 Å². The van der Waals surface area contributed by atoms with E-state index in [2.05, 4.69) is 0 Å². The van der Waals surface area contributed by atoms with Gasteiger partial charge in [0.2, 0.25) is 0 Å². The first-order valence-electron chi connectivity index (χ1n) is 3.36. The van der Waals surface area contributed by atoms with Crippen LogP contribution in [0.25, 0.3) is 0 Å². The van der Waals surface area contributed by atoms with Gasteiger partial charge in [0.15, 0.2) is 11.6 Å². The second-order valence-electron chi connectivity index (χ2n) is 2.44. The van der Waals surface area contributed by atoms with E-state index in [4.69, 9.17) is 22.1 Å². The Morgan fingerprint density at radius 2 is 2.17 bits per heavy atom. The van der Waals surface area contributed by atoms with Gasteiger partial charge < -0.3 is 10.5 Å². The van der Waals surface area contributed by atoms with E-state index >= 15 is 0 Å². The van der Waals surface area contributed by atoms with Gasteiger partial charge in [-0.25, -0.2) is 4.39 Å². The van der Waals surface area contributed by atoms with E-state index in [1.807, 2.05) is 0 Å². The average Bonchev–Trinajstić information content (AvgIpc) is 2.01. The molecule has 0 atom stereocenters. The number of halogens is 2. The molecule has 4 heteroatoms. The highest BCUT2D eigenvalue weighted by molar-refractivity contribution is 6.32. The Hall–Kier alpha value is -0.960. The molecule has 0 amide bonds. The molecule has 12 heavy (non-hydrogen) atoms. The molecule has 0 aliphatic heterocycles. The van der Waals surface area contributed by atoms with Crippen LogP contribution in [0.4, 0.5) is 10.1 Å². The van der Waals surface area contributed by atoms with Crippen molar-refractivity contribution in [2.75, 3.05) is 12.8 Å². The topological polar surface area (TPSA) is 35.2 Å². The fraction of sp³-hybridized carbons (Fsp3) is 0.250. The Morgan fingerprint density at radius 1 is 1.58 bits per heavy atom. The van der Waals surface area contributed by atoms with E-state index in [0.29, 0.717) is 10.6 Å². The van der Waals surface area contributed by atoms with E-state index in [1.165, 1.54) is 13.2 Å². The molecular weight excluding hydrogens is 181 g/mol. The predicted octanol–water partition coefficient (Wildman–Crippen LogP) is 2.38. The van der Waals surface area contributed by atoms with Crippen molar-refractivity contribution in [2.45, 2.75) is 6.92 Å². The Morgan fingerprint density at radius 3 is 2.67 bits per heavy atom. The molecule has 2 nitrogen and oxygen atoms in total. The lowest BCUT2D eigenvalue weighted by Crippen LogP contribution is -1.98. The summed E-state index contributed by atoms with van der Waals surface area (Å²) in [5, 5.41) is 0.328. The van der Waals surface area contributed by atoms with Gasteiger partial charge in [0.25, 0.3) is 0 Å². The van der Waals surface area contributed by atoms with Gasteiger partial charge in [0, 0.05) is 0 Å². The van der Waals surface area contributed by atoms with Crippen LogP contribution in [0.1, 0.15) is 5.56 Å². The minimum absolute atomic E-state index is 0.0394. The standard InChI is InChI=1S/C8H9ClFNO/c1-4-3-5(9)8(12-2)7(11)6(4)10/h3H,11H2,1-2H3. The highest BCUT2D eigenvalue weighted by Crippen LogP contribution is 2.34. The summed E-state index contributed by atoms with van der Waals surface area (Å²) in [6.07, 6.45) is 0. The fourth-order valence-corrected chi connectivity index (χ4v) is 1.31. The molecule has 1 rings (SSSR count). The van der Waals surface area contributed by atoms with E-state index in [9.17, 15) is 4.39 Å². The summed E-state index contributed by atoms with van der Waals surface area (Å²) in [5.41, 5.74) is 5.79. The molecule has 0 fully saturated rings. The van der Waals surface area contributed by atoms with Gasteiger partial charge in [-0.2, -0.15) is 0 Å². The average molecular weight is 190 g/mol. The van der Waals surface area contributed by atoms with Gasteiger partial charge in [-0.1, -0.05) is 11.6 Å². The van der Waals surface area contributed by atoms with Crippen LogP contribution in [-0.2, 0) is 0 Å². The number of nitrogens with two attached hydrogens (primary N) is 1. The van der Waals surface area contributed by atoms with Crippen molar-refractivity contribution in [3.8, 4) is 5.75 Å². The van der Waals surface area contributed by atoms with Crippen molar-refractivity contribution in [3.05, 3.63) is 22.5 Å². The van der Waals surface area contributed by atoms with Crippen LogP contribution in [0, 0.1) is 12.7 Å². The third-order valence-electron chi connectivity index (χ3n) is 1.59. The first-order valence-corrected chi connectivity index (χ1v) is 3.73. The van der Waals surface area contributed by atoms with Crippen LogP contribution < -0.4 is 10.5 Å². The molecule has 0 aromatic heterocycles. The smallest absolute Gasteiger partial charge is 0.163 e. The van der Waals surface area contributed by atoms with E-state index in [-0.39, 0.29) is 11.4 Å². The Kier molecular flexibility index (Phi) is 2.43. The maximum Gasteiger partial charge on any atom is 0.163 e. The van der Waals surface area contributed by atoms with Crippen molar-refractivity contribution in [3.63, 3.8) is 0 Å². The van der Waals surface area contributed by atoms with E-state index < -0.39 is 5.82 Å². The SMILES string of the molecule is COc1c(Cl)cc(C)c(F)c1N. The molecule has 0 saturated heterocycles. The number of rotatable bonds is 1. The largest absolute Gasteiger partial charge is 0.493 e. The normalized spacial score (nSPS) is 10.0. The van der Waals surface area contributed by atoms with Crippen molar-refractivity contribution >= 4 is 17.3 Å². The third-order valence-corrected chi connectivity index (χ3v) is 1.87. The molecule has 0 heterocycles. The highest BCUT2D eigenvalue weighted by Gasteiger charge is 2.12.